The summed E-state index contributed by atoms with van der Waals surface area (Å²) in [5.74, 6) is 0.893. The zero-order valence-electron chi connectivity index (χ0n) is 16.8. The van der Waals surface area contributed by atoms with E-state index >= 15 is 0 Å². The number of aromatic nitrogens is 2. The van der Waals surface area contributed by atoms with E-state index in [0.717, 1.165) is 42.8 Å². The molecule has 6 rings (SSSR count). The number of nitrogens with one attached hydrogen (secondary N) is 2. The molecule has 2 atom stereocenters. The summed E-state index contributed by atoms with van der Waals surface area (Å²) in [4.78, 5) is 34.6. The normalized spacial score (nSPS) is 32.2. The number of carbonyl (C=O) groups is 2. The van der Waals surface area contributed by atoms with Gasteiger partial charge in [0.25, 0.3) is 11.8 Å². The van der Waals surface area contributed by atoms with Crippen molar-refractivity contribution in [2.45, 2.75) is 63.5 Å². The molecule has 4 aliphatic carbocycles. The van der Waals surface area contributed by atoms with Crippen molar-refractivity contribution in [2.24, 2.45) is 11.8 Å². The Balaban J connectivity index is 1.38. The Bertz CT molecular complexity index is 971. The number of thiazole rings is 1. The molecule has 2 aromatic rings. The zero-order valence-corrected chi connectivity index (χ0v) is 17.6. The van der Waals surface area contributed by atoms with Crippen molar-refractivity contribution < 1.29 is 9.59 Å². The number of nitrogens with zero attached hydrogens (tertiary/aromatic N) is 2. The number of hydrogen-bond donors (Lipinski definition) is 2. The number of aryl methyl sites for hydroxylation is 2. The summed E-state index contributed by atoms with van der Waals surface area (Å²) in [6.45, 7) is 3.81. The molecule has 7 heteroatoms. The molecule has 29 heavy (non-hydrogen) atoms. The zero-order chi connectivity index (χ0) is 20.2. The molecule has 152 valence electrons. The SMILES string of the molecule is Cc1cccc(C(=O)NC23CC4CC(C2)CC(NC(=O)c2csc(C)n2)(C4)C3)n1. The molecule has 2 N–H and O–H groups in total. The maximum Gasteiger partial charge on any atom is 0.271 e. The van der Waals surface area contributed by atoms with Gasteiger partial charge in [0.2, 0.25) is 0 Å². The van der Waals surface area contributed by atoms with Crippen LogP contribution in [0.1, 0.15) is 70.2 Å². The first-order chi connectivity index (χ1) is 13.8. The van der Waals surface area contributed by atoms with Gasteiger partial charge in [-0.05, 0) is 76.3 Å². The van der Waals surface area contributed by atoms with Gasteiger partial charge in [0.15, 0.2) is 0 Å². The monoisotopic (exact) mass is 410 g/mol. The maximum atomic E-state index is 13.0. The van der Waals surface area contributed by atoms with E-state index in [1.165, 1.54) is 17.8 Å². The predicted molar refractivity (Wildman–Crippen MR) is 111 cm³/mol. The summed E-state index contributed by atoms with van der Waals surface area (Å²) in [5.41, 5.74) is 1.32. The van der Waals surface area contributed by atoms with Gasteiger partial charge >= 0.3 is 0 Å². The van der Waals surface area contributed by atoms with Crippen molar-refractivity contribution >= 4 is 23.2 Å². The third kappa shape index (κ3) is 3.45. The van der Waals surface area contributed by atoms with Crippen LogP contribution < -0.4 is 10.6 Å². The molecule has 0 saturated heterocycles. The minimum atomic E-state index is -0.252. The molecule has 2 amide bonds. The van der Waals surface area contributed by atoms with Gasteiger partial charge in [-0.25, -0.2) is 9.97 Å². The number of hydrogen-bond acceptors (Lipinski definition) is 5. The van der Waals surface area contributed by atoms with E-state index in [1.54, 1.807) is 6.07 Å². The Kier molecular flexibility index (Phi) is 4.28. The Labute approximate surface area is 174 Å². The second-order valence-electron chi connectivity index (χ2n) is 9.35. The number of rotatable bonds is 4. The van der Waals surface area contributed by atoms with Gasteiger partial charge in [-0.15, -0.1) is 11.3 Å². The second kappa shape index (κ2) is 6.62. The summed E-state index contributed by atoms with van der Waals surface area (Å²) in [6.07, 6.45) is 5.98. The predicted octanol–water partition coefficient (Wildman–Crippen LogP) is 3.41. The molecular formula is C22H26N4O2S. The minimum absolute atomic E-state index is 0.0851. The third-order valence-electron chi connectivity index (χ3n) is 6.79. The minimum Gasteiger partial charge on any atom is -0.345 e. The second-order valence-corrected chi connectivity index (χ2v) is 10.4. The Hall–Kier alpha value is -2.28. The van der Waals surface area contributed by atoms with E-state index in [4.69, 9.17) is 0 Å². The summed E-state index contributed by atoms with van der Waals surface area (Å²) in [5, 5.41) is 9.41. The van der Waals surface area contributed by atoms with Crippen LogP contribution >= 0.6 is 11.3 Å². The third-order valence-corrected chi connectivity index (χ3v) is 7.56. The van der Waals surface area contributed by atoms with E-state index in [2.05, 4.69) is 20.6 Å². The van der Waals surface area contributed by atoms with E-state index in [9.17, 15) is 9.59 Å². The lowest BCUT2D eigenvalue weighted by Gasteiger charge is -2.62. The average Bonchev–Trinajstić information content (AvgIpc) is 3.06. The highest BCUT2D eigenvalue weighted by Crippen LogP contribution is 2.57. The summed E-state index contributed by atoms with van der Waals surface area (Å²) in [7, 11) is 0. The van der Waals surface area contributed by atoms with Gasteiger partial charge < -0.3 is 10.6 Å². The van der Waals surface area contributed by atoms with Crippen LogP contribution in [0.3, 0.4) is 0 Å². The first kappa shape index (κ1) is 18.7. The highest BCUT2D eigenvalue weighted by molar-refractivity contribution is 7.09. The Morgan fingerprint density at radius 2 is 1.59 bits per heavy atom. The fourth-order valence-electron chi connectivity index (χ4n) is 6.30. The van der Waals surface area contributed by atoms with Crippen LogP contribution in [0.2, 0.25) is 0 Å². The van der Waals surface area contributed by atoms with Gasteiger partial charge in [-0.3, -0.25) is 9.59 Å². The van der Waals surface area contributed by atoms with E-state index in [0.29, 0.717) is 23.2 Å². The molecule has 0 aromatic carbocycles. The van der Waals surface area contributed by atoms with Crippen LogP contribution in [0.4, 0.5) is 0 Å². The van der Waals surface area contributed by atoms with E-state index in [-0.39, 0.29) is 22.9 Å². The van der Waals surface area contributed by atoms with Crippen molar-refractivity contribution in [3.05, 3.63) is 45.7 Å². The molecule has 2 aromatic heterocycles. The lowest BCUT2D eigenvalue weighted by molar-refractivity contribution is -0.0449. The lowest BCUT2D eigenvalue weighted by atomic mass is 9.49. The van der Waals surface area contributed by atoms with Crippen LogP contribution in [-0.4, -0.2) is 32.9 Å². The highest BCUT2D eigenvalue weighted by Gasteiger charge is 2.58. The van der Waals surface area contributed by atoms with Crippen LogP contribution in [-0.2, 0) is 0 Å². The van der Waals surface area contributed by atoms with Crippen molar-refractivity contribution in [3.63, 3.8) is 0 Å². The van der Waals surface area contributed by atoms with Crippen LogP contribution in [0, 0.1) is 25.7 Å². The van der Waals surface area contributed by atoms with Gasteiger partial charge in [0.1, 0.15) is 11.4 Å². The first-order valence-corrected chi connectivity index (χ1v) is 11.2. The quantitative estimate of drug-likeness (QED) is 0.809. The molecule has 4 bridgehead atoms. The largest absolute Gasteiger partial charge is 0.345 e. The standard InChI is InChI=1S/C22H26N4O2S/c1-13-4-3-5-17(23-13)19(27)25-21-7-15-6-16(8-21)10-22(9-15,12-21)26-20(28)18-11-29-14(2)24-18/h3-5,11,15-16H,6-10,12H2,1-2H3,(H,25,27)(H,26,28). The molecule has 0 aliphatic heterocycles. The number of amides is 2. The molecule has 2 heterocycles. The fraction of sp³-hybridized carbons (Fsp3) is 0.545. The molecule has 4 fully saturated rings. The summed E-state index contributed by atoms with van der Waals surface area (Å²) in [6, 6.07) is 5.53. The smallest absolute Gasteiger partial charge is 0.271 e. The average molecular weight is 411 g/mol. The molecule has 2 unspecified atom stereocenters. The summed E-state index contributed by atoms with van der Waals surface area (Å²) < 4.78 is 0. The molecule has 4 saturated carbocycles. The maximum absolute atomic E-state index is 13.0. The Morgan fingerprint density at radius 3 is 2.14 bits per heavy atom. The van der Waals surface area contributed by atoms with Crippen molar-refractivity contribution in [1.82, 2.24) is 20.6 Å². The number of pyridine rings is 1. The topological polar surface area (TPSA) is 84.0 Å². The fourth-order valence-corrected chi connectivity index (χ4v) is 6.89. The van der Waals surface area contributed by atoms with Gasteiger partial charge in [-0.2, -0.15) is 0 Å². The Morgan fingerprint density at radius 1 is 0.966 bits per heavy atom. The van der Waals surface area contributed by atoms with E-state index < -0.39 is 0 Å². The molecule has 6 nitrogen and oxygen atoms in total. The first-order valence-electron chi connectivity index (χ1n) is 10.3. The van der Waals surface area contributed by atoms with Crippen LogP contribution in [0.25, 0.3) is 0 Å². The van der Waals surface area contributed by atoms with Crippen molar-refractivity contribution in [3.8, 4) is 0 Å². The molecular weight excluding hydrogens is 384 g/mol. The molecule has 4 aliphatic rings. The lowest BCUT2D eigenvalue weighted by Crippen LogP contribution is -2.69. The van der Waals surface area contributed by atoms with E-state index in [1.807, 2.05) is 31.4 Å². The highest BCUT2D eigenvalue weighted by atomic mass is 32.1. The number of carbonyl (C=O) groups excluding carboxylic acids is 2. The van der Waals surface area contributed by atoms with Crippen LogP contribution in [0.15, 0.2) is 23.6 Å². The summed E-state index contributed by atoms with van der Waals surface area (Å²) >= 11 is 1.50. The van der Waals surface area contributed by atoms with Crippen molar-refractivity contribution in [1.29, 1.82) is 0 Å². The molecule has 0 spiro atoms. The van der Waals surface area contributed by atoms with Crippen LogP contribution in [0.5, 0.6) is 0 Å². The van der Waals surface area contributed by atoms with Gasteiger partial charge in [0, 0.05) is 22.2 Å². The van der Waals surface area contributed by atoms with Gasteiger partial charge in [0.05, 0.1) is 5.01 Å². The van der Waals surface area contributed by atoms with Crippen molar-refractivity contribution in [2.75, 3.05) is 0 Å². The van der Waals surface area contributed by atoms with Gasteiger partial charge in [-0.1, -0.05) is 6.07 Å². The molecule has 0 radical (unpaired) electrons.